The van der Waals surface area contributed by atoms with E-state index in [1.54, 1.807) is 0 Å². The maximum Gasteiger partial charge on any atom is 0.244 e. The van der Waals surface area contributed by atoms with E-state index in [1.165, 1.54) is 5.56 Å². The van der Waals surface area contributed by atoms with Gasteiger partial charge in [-0.2, -0.15) is 0 Å². The first kappa shape index (κ1) is 16.9. The summed E-state index contributed by atoms with van der Waals surface area (Å²) in [6, 6.07) is 7.77. The Labute approximate surface area is 133 Å². The number of benzene rings is 1. The molecule has 0 spiro atoms. The fourth-order valence-corrected chi connectivity index (χ4v) is 2.70. The van der Waals surface area contributed by atoms with Gasteiger partial charge in [-0.3, -0.25) is 9.69 Å². The summed E-state index contributed by atoms with van der Waals surface area (Å²) in [5.41, 5.74) is 2.05. The van der Waals surface area contributed by atoms with E-state index in [-0.39, 0.29) is 18.1 Å². The van der Waals surface area contributed by atoms with E-state index in [1.807, 2.05) is 25.1 Å². The number of ether oxygens (including phenoxy) is 1. The molecule has 0 unspecified atom stereocenters. The molecule has 2 N–H and O–H groups in total. The first-order chi connectivity index (χ1) is 10.6. The summed E-state index contributed by atoms with van der Waals surface area (Å²) in [5, 5.41) is 6.20. The molecule has 1 saturated heterocycles. The number of carbonyl (C=O) groups excluding carboxylic acids is 1. The van der Waals surface area contributed by atoms with Crippen molar-refractivity contribution in [3.05, 3.63) is 29.8 Å². The Balaban J connectivity index is 1.98. The van der Waals surface area contributed by atoms with Gasteiger partial charge in [-0.25, -0.2) is 0 Å². The van der Waals surface area contributed by atoms with Crippen LogP contribution in [0, 0.1) is 0 Å². The summed E-state index contributed by atoms with van der Waals surface area (Å²) in [7, 11) is 0. The lowest BCUT2D eigenvalue weighted by Gasteiger charge is -2.29. The van der Waals surface area contributed by atoms with Gasteiger partial charge in [0.1, 0.15) is 6.04 Å². The van der Waals surface area contributed by atoms with Crippen LogP contribution in [0.2, 0.25) is 0 Å². The summed E-state index contributed by atoms with van der Waals surface area (Å²) in [4.78, 5) is 14.7. The Morgan fingerprint density at radius 2 is 2.18 bits per heavy atom. The molecule has 0 aromatic heterocycles. The lowest BCUT2D eigenvalue weighted by molar-refractivity contribution is -0.123. The van der Waals surface area contributed by atoms with E-state index in [0.717, 1.165) is 25.3 Å². The molecule has 1 fully saturated rings. The van der Waals surface area contributed by atoms with Crippen LogP contribution in [-0.2, 0) is 16.1 Å². The lowest BCUT2D eigenvalue weighted by atomic mass is 10.1. The monoisotopic (exact) mass is 305 g/mol. The van der Waals surface area contributed by atoms with Crippen LogP contribution >= 0.6 is 0 Å². The first-order valence-electron chi connectivity index (χ1n) is 8.11. The fourth-order valence-electron chi connectivity index (χ4n) is 2.70. The molecule has 0 aliphatic carbocycles. The van der Waals surface area contributed by atoms with Crippen LogP contribution in [0.3, 0.4) is 0 Å². The zero-order chi connectivity index (χ0) is 15.9. The van der Waals surface area contributed by atoms with Crippen molar-refractivity contribution in [1.82, 2.24) is 10.2 Å². The van der Waals surface area contributed by atoms with E-state index in [2.05, 4.69) is 35.4 Å². The number of morpholine rings is 1. The molecule has 0 saturated carbocycles. The number of anilines is 1. The Kier molecular flexibility index (Phi) is 6.36. The van der Waals surface area contributed by atoms with Crippen LogP contribution < -0.4 is 10.6 Å². The number of carbonyl (C=O) groups is 1. The number of amides is 1. The Hall–Kier alpha value is -1.43. The third kappa shape index (κ3) is 4.53. The number of hydrogen-bond donors (Lipinski definition) is 2. The zero-order valence-electron chi connectivity index (χ0n) is 13.8. The number of rotatable bonds is 6. The number of nitrogens with zero attached hydrogens (tertiary/aromatic N) is 1. The average Bonchev–Trinajstić information content (AvgIpc) is 2.53. The van der Waals surface area contributed by atoms with Crippen molar-refractivity contribution in [3.63, 3.8) is 0 Å². The number of hydrogen-bond acceptors (Lipinski definition) is 4. The van der Waals surface area contributed by atoms with Crippen LogP contribution in [0.15, 0.2) is 24.3 Å². The highest BCUT2D eigenvalue weighted by Crippen LogP contribution is 2.14. The maximum atomic E-state index is 12.4. The van der Waals surface area contributed by atoms with Crippen molar-refractivity contribution in [2.24, 2.45) is 0 Å². The molecule has 1 aromatic carbocycles. The molecular weight excluding hydrogens is 278 g/mol. The molecule has 1 aromatic rings. The second-order valence-corrected chi connectivity index (χ2v) is 5.66. The van der Waals surface area contributed by atoms with Gasteiger partial charge < -0.3 is 15.4 Å². The minimum absolute atomic E-state index is 0.0350. The van der Waals surface area contributed by atoms with Crippen molar-refractivity contribution in [1.29, 1.82) is 0 Å². The van der Waals surface area contributed by atoms with Crippen LogP contribution in [-0.4, -0.2) is 49.2 Å². The normalized spacial score (nSPS) is 21.8. The molecule has 5 heteroatoms. The van der Waals surface area contributed by atoms with E-state index in [4.69, 9.17) is 4.74 Å². The summed E-state index contributed by atoms with van der Waals surface area (Å²) < 4.78 is 5.52. The summed E-state index contributed by atoms with van der Waals surface area (Å²) in [5.74, 6) is -0.0350. The van der Waals surface area contributed by atoms with E-state index in [0.29, 0.717) is 13.2 Å². The molecule has 0 radical (unpaired) electrons. The van der Waals surface area contributed by atoms with Gasteiger partial charge in [0.2, 0.25) is 5.91 Å². The smallest absolute Gasteiger partial charge is 0.244 e. The molecule has 1 heterocycles. The molecule has 0 bridgehead atoms. The van der Waals surface area contributed by atoms with Gasteiger partial charge in [0.15, 0.2) is 0 Å². The third-order valence-corrected chi connectivity index (χ3v) is 4.09. The molecule has 1 aliphatic heterocycles. The molecule has 2 atom stereocenters. The van der Waals surface area contributed by atoms with Gasteiger partial charge >= 0.3 is 0 Å². The van der Waals surface area contributed by atoms with Gasteiger partial charge in [-0.15, -0.1) is 0 Å². The standard InChI is InChI=1S/C17H27N3O2/c1-4-20(5-2)12-14-7-6-8-15(11-14)19-17(21)16-13(3)22-10-9-18-16/h6-8,11,13,16,18H,4-5,9-10,12H2,1-3H3,(H,19,21)/t13-,16+/m1/s1. The second kappa shape index (κ2) is 8.27. The van der Waals surface area contributed by atoms with Crippen LogP contribution in [0.1, 0.15) is 26.3 Å². The Bertz CT molecular complexity index is 489. The van der Waals surface area contributed by atoms with Gasteiger partial charge in [0.25, 0.3) is 0 Å². The average molecular weight is 305 g/mol. The second-order valence-electron chi connectivity index (χ2n) is 5.66. The predicted octanol–water partition coefficient (Wildman–Crippen LogP) is 1.84. The van der Waals surface area contributed by atoms with Crippen molar-refractivity contribution in [2.75, 3.05) is 31.6 Å². The van der Waals surface area contributed by atoms with Crippen LogP contribution in [0.25, 0.3) is 0 Å². The number of nitrogens with one attached hydrogen (secondary N) is 2. The third-order valence-electron chi connectivity index (χ3n) is 4.09. The molecule has 5 nitrogen and oxygen atoms in total. The molecule has 122 valence electrons. The summed E-state index contributed by atoms with van der Waals surface area (Å²) >= 11 is 0. The fraction of sp³-hybridized carbons (Fsp3) is 0.588. The van der Waals surface area contributed by atoms with Crippen molar-refractivity contribution in [2.45, 2.75) is 39.5 Å². The van der Waals surface area contributed by atoms with Gasteiger partial charge in [-0.1, -0.05) is 26.0 Å². The summed E-state index contributed by atoms with van der Waals surface area (Å²) in [6.45, 7) is 10.6. The van der Waals surface area contributed by atoms with Crippen LogP contribution in [0.4, 0.5) is 5.69 Å². The van der Waals surface area contributed by atoms with Gasteiger partial charge in [0.05, 0.1) is 12.7 Å². The highest BCUT2D eigenvalue weighted by Gasteiger charge is 2.28. The lowest BCUT2D eigenvalue weighted by Crippen LogP contribution is -2.53. The van der Waals surface area contributed by atoms with Crippen molar-refractivity contribution >= 4 is 11.6 Å². The van der Waals surface area contributed by atoms with E-state index >= 15 is 0 Å². The topological polar surface area (TPSA) is 53.6 Å². The van der Waals surface area contributed by atoms with Crippen molar-refractivity contribution in [3.8, 4) is 0 Å². The highest BCUT2D eigenvalue weighted by molar-refractivity contribution is 5.95. The van der Waals surface area contributed by atoms with E-state index < -0.39 is 0 Å². The largest absolute Gasteiger partial charge is 0.375 e. The molecule has 22 heavy (non-hydrogen) atoms. The minimum Gasteiger partial charge on any atom is -0.375 e. The predicted molar refractivity (Wildman–Crippen MR) is 88.9 cm³/mol. The molecule has 1 amide bonds. The first-order valence-corrected chi connectivity index (χ1v) is 8.11. The summed E-state index contributed by atoms with van der Waals surface area (Å²) in [6.07, 6.45) is -0.104. The molecule has 2 rings (SSSR count). The quantitative estimate of drug-likeness (QED) is 0.842. The Morgan fingerprint density at radius 1 is 1.41 bits per heavy atom. The zero-order valence-corrected chi connectivity index (χ0v) is 13.8. The van der Waals surface area contributed by atoms with Gasteiger partial charge in [0, 0.05) is 18.8 Å². The molecular formula is C17H27N3O2. The SMILES string of the molecule is CCN(CC)Cc1cccc(NC(=O)[C@H]2NCCO[C@@H]2C)c1. The minimum atomic E-state index is -0.291. The molecule has 1 aliphatic rings. The van der Waals surface area contributed by atoms with Crippen molar-refractivity contribution < 1.29 is 9.53 Å². The van der Waals surface area contributed by atoms with E-state index in [9.17, 15) is 4.79 Å². The van der Waals surface area contributed by atoms with Crippen LogP contribution in [0.5, 0.6) is 0 Å². The van der Waals surface area contributed by atoms with Gasteiger partial charge in [-0.05, 0) is 37.7 Å². The maximum absolute atomic E-state index is 12.4. The highest BCUT2D eigenvalue weighted by atomic mass is 16.5. The Morgan fingerprint density at radius 3 is 2.86 bits per heavy atom.